The summed E-state index contributed by atoms with van der Waals surface area (Å²) in [6.07, 6.45) is 1.25. The Morgan fingerprint density at radius 3 is 2.33 bits per heavy atom. The van der Waals surface area contributed by atoms with Gasteiger partial charge < -0.3 is 23.9 Å². The summed E-state index contributed by atoms with van der Waals surface area (Å²) in [4.78, 5) is 0. The number of aliphatic hydroxyl groups is 1. The first kappa shape index (κ1) is 19.5. The van der Waals surface area contributed by atoms with Crippen molar-refractivity contribution in [1.29, 1.82) is 0 Å². The van der Waals surface area contributed by atoms with E-state index in [4.69, 9.17) is 35.5 Å². The first-order valence-electron chi connectivity index (χ1n) is 8.12. The Bertz CT molecular complexity index is 560. The number of hydrogen-bond acceptors (Lipinski definition) is 5. The van der Waals surface area contributed by atoms with Gasteiger partial charge in [0.05, 0.1) is 11.2 Å². The Hall–Kier alpha value is -0.785. The molecule has 1 aromatic rings. The molecule has 1 saturated heterocycles. The Labute approximate surface area is 149 Å². The van der Waals surface area contributed by atoms with Crippen LogP contribution in [0.15, 0.2) is 12.1 Å². The average molecular weight is 357 g/mol. The van der Waals surface area contributed by atoms with E-state index in [0.717, 1.165) is 11.0 Å². The molecule has 0 amide bonds. The molecular formula is C17H26BClO5. The summed E-state index contributed by atoms with van der Waals surface area (Å²) in [6, 6.07) is 3.63. The lowest BCUT2D eigenvalue weighted by Crippen LogP contribution is -2.41. The molecule has 0 spiro atoms. The van der Waals surface area contributed by atoms with E-state index < -0.39 is 18.3 Å². The van der Waals surface area contributed by atoms with Crippen molar-refractivity contribution in [2.45, 2.75) is 51.7 Å². The first-order chi connectivity index (χ1) is 11.2. The molecule has 1 fully saturated rings. The third kappa shape index (κ3) is 4.06. The quantitative estimate of drug-likeness (QED) is 0.601. The highest BCUT2D eigenvalue weighted by Crippen LogP contribution is 2.37. The predicted octanol–water partition coefficient (Wildman–Crippen LogP) is 2.55. The Morgan fingerprint density at radius 1 is 1.17 bits per heavy atom. The van der Waals surface area contributed by atoms with Crippen LogP contribution in [-0.2, 0) is 20.5 Å². The summed E-state index contributed by atoms with van der Waals surface area (Å²) in [5.74, 6) is 0.597. The number of benzene rings is 1. The molecule has 134 valence electrons. The average Bonchev–Trinajstić information content (AvgIpc) is 2.71. The second kappa shape index (κ2) is 7.62. The number of halogens is 1. The van der Waals surface area contributed by atoms with Crippen molar-refractivity contribution in [1.82, 2.24) is 0 Å². The Kier molecular flexibility index (Phi) is 6.21. The zero-order valence-electron chi connectivity index (χ0n) is 15.0. The van der Waals surface area contributed by atoms with Crippen LogP contribution in [0.2, 0.25) is 5.02 Å². The maximum absolute atomic E-state index is 9.16. The maximum Gasteiger partial charge on any atom is 0.495 e. The highest BCUT2D eigenvalue weighted by atomic mass is 35.5. The lowest BCUT2D eigenvalue weighted by atomic mass is 9.75. The van der Waals surface area contributed by atoms with Gasteiger partial charge in [0.1, 0.15) is 5.75 Å². The van der Waals surface area contributed by atoms with Crippen LogP contribution in [0.3, 0.4) is 0 Å². The zero-order chi connectivity index (χ0) is 18.0. The maximum atomic E-state index is 9.16. The van der Waals surface area contributed by atoms with Crippen molar-refractivity contribution in [2.75, 3.05) is 20.5 Å². The van der Waals surface area contributed by atoms with Crippen molar-refractivity contribution in [3.63, 3.8) is 0 Å². The molecule has 0 unspecified atom stereocenters. The number of methoxy groups -OCH3 is 1. The van der Waals surface area contributed by atoms with E-state index in [9.17, 15) is 0 Å². The standard InChI is InChI=1S/C17H26BClO5/c1-16(2)17(3,4)24-18(23-16)14-9-12(22-11-21-5)10-15(19)13(14)7-6-8-20/h9-10,20H,6-8,11H2,1-5H3. The smallest absolute Gasteiger partial charge is 0.468 e. The van der Waals surface area contributed by atoms with Gasteiger partial charge in [0.15, 0.2) is 6.79 Å². The van der Waals surface area contributed by atoms with Crippen LogP contribution in [0.5, 0.6) is 5.75 Å². The summed E-state index contributed by atoms with van der Waals surface area (Å²) in [6.45, 7) is 8.26. The monoisotopic (exact) mass is 356 g/mol. The predicted molar refractivity (Wildman–Crippen MR) is 95.1 cm³/mol. The molecule has 0 bridgehead atoms. The van der Waals surface area contributed by atoms with Gasteiger partial charge in [0.25, 0.3) is 0 Å². The molecule has 1 heterocycles. The van der Waals surface area contributed by atoms with E-state index in [0.29, 0.717) is 23.6 Å². The van der Waals surface area contributed by atoms with Gasteiger partial charge in [0.2, 0.25) is 0 Å². The molecule has 7 heteroatoms. The van der Waals surface area contributed by atoms with Crippen molar-refractivity contribution < 1.29 is 23.9 Å². The van der Waals surface area contributed by atoms with Crippen molar-refractivity contribution in [3.8, 4) is 5.75 Å². The topological polar surface area (TPSA) is 57.2 Å². The summed E-state index contributed by atoms with van der Waals surface area (Å²) in [5.41, 5.74) is 0.860. The van der Waals surface area contributed by atoms with Gasteiger partial charge in [0, 0.05) is 18.7 Å². The van der Waals surface area contributed by atoms with Crippen molar-refractivity contribution >= 4 is 24.2 Å². The van der Waals surface area contributed by atoms with E-state index >= 15 is 0 Å². The molecular weight excluding hydrogens is 330 g/mol. The van der Waals surface area contributed by atoms with E-state index in [2.05, 4.69) is 0 Å². The largest absolute Gasteiger partial charge is 0.495 e. The second-order valence-corrected chi connectivity index (χ2v) is 7.35. The molecule has 0 radical (unpaired) electrons. The van der Waals surface area contributed by atoms with E-state index in [1.54, 1.807) is 13.2 Å². The van der Waals surface area contributed by atoms with Crippen LogP contribution in [-0.4, -0.2) is 43.9 Å². The number of aliphatic hydroxyl groups excluding tert-OH is 1. The van der Waals surface area contributed by atoms with Crippen molar-refractivity contribution in [2.24, 2.45) is 0 Å². The lowest BCUT2D eigenvalue weighted by molar-refractivity contribution is 0.00578. The van der Waals surface area contributed by atoms with Gasteiger partial charge in [-0.05, 0) is 63.7 Å². The second-order valence-electron chi connectivity index (χ2n) is 6.94. The molecule has 0 saturated carbocycles. The Morgan fingerprint density at radius 2 is 1.79 bits per heavy atom. The molecule has 2 rings (SSSR count). The normalized spacial score (nSPS) is 18.9. The SMILES string of the molecule is COCOc1cc(Cl)c(CCCO)c(B2OC(C)(C)C(C)(C)O2)c1. The van der Waals surface area contributed by atoms with E-state index in [-0.39, 0.29) is 13.4 Å². The lowest BCUT2D eigenvalue weighted by Gasteiger charge is -2.32. The summed E-state index contributed by atoms with van der Waals surface area (Å²) < 4.78 is 22.8. The highest BCUT2D eigenvalue weighted by Gasteiger charge is 2.52. The van der Waals surface area contributed by atoms with E-state index in [1.807, 2.05) is 33.8 Å². The van der Waals surface area contributed by atoms with Gasteiger partial charge in [-0.15, -0.1) is 0 Å². The molecule has 5 nitrogen and oxygen atoms in total. The third-order valence-corrected chi connectivity index (χ3v) is 4.98. The molecule has 1 aliphatic rings. The van der Waals surface area contributed by atoms with Gasteiger partial charge in [-0.2, -0.15) is 0 Å². The summed E-state index contributed by atoms with van der Waals surface area (Å²) in [7, 11) is 1.03. The van der Waals surface area contributed by atoms with Gasteiger partial charge in [-0.3, -0.25) is 0 Å². The molecule has 1 aliphatic heterocycles. The molecule has 24 heavy (non-hydrogen) atoms. The number of hydrogen-bond donors (Lipinski definition) is 1. The third-order valence-electron chi connectivity index (χ3n) is 4.64. The van der Waals surface area contributed by atoms with Crippen LogP contribution in [0.4, 0.5) is 0 Å². The molecule has 1 N–H and O–H groups in total. The van der Waals surface area contributed by atoms with Crippen LogP contribution in [0.1, 0.15) is 39.7 Å². The molecule has 0 atom stereocenters. The first-order valence-corrected chi connectivity index (χ1v) is 8.50. The van der Waals surface area contributed by atoms with Gasteiger partial charge in [-0.25, -0.2) is 0 Å². The number of ether oxygens (including phenoxy) is 2. The fourth-order valence-electron chi connectivity index (χ4n) is 2.54. The van der Waals surface area contributed by atoms with Crippen molar-refractivity contribution in [3.05, 3.63) is 22.7 Å². The highest BCUT2D eigenvalue weighted by molar-refractivity contribution is 6.63. The molecule has 0 aliphatic carbocycles. The minimum absolute atomic E-state index is 0.0983. The Balaban J connectivity index is 2.39. The molecule has 1 aromatic carbocycles. The van der Waals surface area contributed by atoms with Crippen LogP contribution >= 0.6 is 11.6 Å². The summed E-state index contributed by atoms with van der Waals surface area (Å²) in [5, 5.41) is 9.74. The minimum atomic E-state index is -0.535. The summed E-state index contributed by atoms with van der Waals surface area (Å²) >= 11 is 6.46. The molecule has 0 aromatic heterocycles. The van der Waals surface area contributed by atoms with Crippen LogP contribution in [0.25, 0.3) is 0 Å². The minimum Gasteiger partial charge on any atom is -0.468 e. The zero-order valence-corrected chi connectivity index (χ0v) is 15.8. The van der Waals surface area contributed by atoms with E-state index in [1.165, 1.54) is 0 Å². The number of rotatable bonds is 7. The van der Waals surface area contributed by atoms with Crippen LogP contribution in [0, 0.1) is 0 Å². The van der Waals surface area contributed by atoms with Gasteiger partial charge in [-0.1, -0.05) is 11.6 Å². The fourth-order valence-corrected chi connectivity index (χ4v) is 2.85. The fraction of sp³-hybridized carbons (Fsp3) is 0.647. The van der Waals surface area contributed by atoms with Crippen LogP contribution < -0.4 is 10.2 Å². The van der Waals surface area contributed by atoms with Gasteiger partial charge >= 0.3 is 7.12 Å².